The Morgan fingerprint density at radius 1 is 0.333 bits per heavy atom. The van der Waals surface area contributed by atoms with Gasteiger partial charge in [-0.15, -0.1) is 0 Å². The summed E-state index contributed by atoms with van der Waals surface area (Å²) in [6.07, 6.45) is 18.5. The van der Waals surface area contributed by atoms with Gasteiger partial charge >= 0.3 is 17.3 Å². The van der Waals surface area contributed by atoms with Crippen LogP contribution < -0.4 is 13.7 Å². The lowest BCUT2D eigenvalue weighted by atomic mass is 10.1. The highest BCUT2D eigenvalue weighted by atomic mass is 15.2. The Labute approximate surface area is 586 Å². The summed E-state index contributed by atoms with van der Waals surface area (Å²) in [6.45, 7) is 10.8. The summed E-state index contributed by atoms with van der Waals surface area (Å²) in [5.41, 5.74) is 26.5. The lowest BCUT2D eigenvalue weighted by molar-refractivity contribution is -0.643. The van der Waals surface area contributed by atoms with Crippen molar-refractivity contribution in [2.45, 2.75) is 34.6 Å². The summed E-state index contributed by atoms with van der Waals surface area (Å²) in [4.78, 5) is 14.3. The number of imidazole rings is 6. The molecule has 102 heavy (non-hydrogen) atoms. The van der Waals surface area contributed by atoms with Gasteiger partial charge in [-0.1, -0.05) is 127 Å². The maximum absolute atomic E-state index is 5.00. The fraction of sp³-hybridized carbons (Fsp3) is 0.116. The third kappa shape index (κ3) is 9.35. The Morgan fingerprint density at radius 2 is 0.804 bits per heavy atom. The van der Waals surface area contributed by atoms with Crippen molar-refractivity contribution in [3.8, 4) is 11.4 Å². The molecule has 13 heterocycles. The van der Waals surface area contributed by atoms with E-state index >= 15 is 0 Å². The quantitative estimate of drug-likeness (QED) is 0.161. The molecule has 0 aliphatic carbocycles. The van der Waals surface area contributed by atoms with Crippen LogP contribution in [0.5, 0.6) is 0 Å². The zero-order chi connectivity index (χ0) is 69.3. The van der Waals surface area contributed by atoms with Crippen LogP contribution in [0.2, 0.25) is 0 Å². The average molecular weight is 1330 g/mol. The lowest BCUT2D eigenvalue weighted by Gasteiger charge is -2.09. The first kappa shape index (κ1) is 61.3. The maximum atomic E-state index is 5.00. The van der Waals surface area contributed by atoms with Crippen molar-refractivity contribution in [2.24, 2.45) is 35.2 Å². The summed E-state index contributed by atoms with van der Waals surface area (Å²) in [5.74, 6) is 2.86. The van der Waals surface area contributed by atoms with Crippen LogP contribution in [-0.2, 0) is 35.2 Å². The van der Waals surface area contributed by atoms with Gasteiger partial charge < -0.3 is 18.3 Å². The number of para-hydroxylation sites is 9. The fourth-order valence-corrected chi connectivity index (χ4v) is 15.9. The molecule has 16 heteroatoms. The van der Waals surface area contributed by atoms with Crippen molar-refractivity contribution < 1.29 is 13.7 Å². The fourth-order valence-electron chi connectivity index (χ4n) is 15.9. The number of hydrogen-bond acceptors (Lipinski definition) is 3. The van der Waals surface area contributed by atoms with Crippen molar-refractivity contribution in [1.82, 2.24) is 59.6 Å². The maximum Gasteiger partial charge on any atom is 0.312 e. The van der Waals surface area contributed by atoms with E-state index in [9.17, 15) is 0 Å². The number of fused-ring (bicyclic) bond motifs is 28. The third-order valence-corrected chi connectivity index (χ3v) is 20.7. The van der Waals surface area contributed by atoms with Gasteiger partial charge in [0.05, 0.1) is 81.4 Å². The van der Waals surface area contributed by atoms with Crippen LogP contribution in [0.15, 0.2) is 274 Å². The largest absolute Gasteiger partial charge is 0.337 e. The van der Waals surface area contributed by atoms with Crippen LogP contribution in [0, 0.1) is 34.6 Å². The van der Waals surface area contributed by atoms with Gasteiger partial charge in [0.2, 0.25) is 0 Å². The van der Waals surface area contributed by atoms with Crippen LogP contribution in [-0.4, -0.2) is 59.6 Å². The number of rotatable bonds is 2. The Bertz CT molecular complexity index is 7100. The van der Waals surface area contributed by atoms with Gasteiger partial charge in [0.25, 0.3) is 16.9 Å². The first-order chi connectivity index (χ1) is 49.8. The molecule has 496 valence electrons. The Kier molecular flexibility index (Phi) is 14.3. The van der Waals surface area contributed by atoms with Crippen LogP contribution in [0.4, 0.5) is 0 Å². The van der Waals surface area contributed by atoms with Gasteiger partial charge in [-0.05, 0) is 153 Å². The van der Waals surface area contributed by atoms with Crippen LogP contribution in [0.25, 0.3) is 144 Å². The number of aryl methyl sites for hydroxylation is 10. The van der Waals surface area contributed by atoms with Gasteiger partial charge in [0, 0.05) is 72.6 Å². The molecular weight excluding hydrogens is 1260 g/mol. The average Bonchev–Trinajstić information content (AvgIpc) is 1.55. The number of hydrogen-bond donors (Lipinski definition) is 0. The molecule has 0 amide bonds. The van der Waals surface area contributed by atoms with E-state index in [1.807, 2.05) is 24.5 Å². The minimum atomic E-state index is 0.948. The molecule has 0 atom stereocenters. The van der Waals surface area contributed by atoms with Gasteiger partial charge in [-0.25, -0.2) is 13.7 Å². The number of nitrogens with zero attached hydrogens (tertiary/aromatic N) is 16. The molecule has 0 saturated carbocycles. The van der Waals surface area contributed by atoms with E-state index in [1.54, 1.807) is 0 Å². The summed E-state index contributed by atoms with van der Waals surface area (Å²) in [6, 6.07) is 76.6. The molecule has 16 nitrogen and oxygen atoms in total. The predicted octanol–water partition coefficient (Wildman–Crippen LogP) is 16.8. The molecule has 0 unspecified atom stereocenters. The van der Waals surface area contributed by atoms with Crippen LogP contribution >= 0.6 is 0 Å². The zero-order valence-electron chi connectivity index (χ0n) is 58.6. The van der Waals surface area contributed by atoms with Gasteiger partial charge in [-0.2, -0.15) is 28.2 Å². The van der Waals surface area contributed by atoms with Crippen molar-refractivity contribution in [1.29, 1.82) is 0 Å². The van der Waals surface area contributed by atoms with E-state index in [4.69, 9.17) is 9.97 Å². The Hall–Kier alpha value is -13.1. The first-order valence-corrected chi connectivity index (χ1v) is 34.6. The summed E-state index contributed by atoms with van der Waals surface area (Å²) >= 11 is 0. The second kappa shape index (κ2) is 23.8. The first-order valence-electron chi connectivity index (χ1n) is 34.6. The standard InChI is InChI=1S/C22H17N4.C18H15N4.C18H16N2.C14H13N4.C14H14N2/c1-14-8-7-13-19-20(14)21-24(2)17-11-5-6-12-18(17)26(21)22-23-15-9-3-4-10-16(15)25(19)22;1-12-6-5-9-15-16(12)17-20(2)10-11-21(17)18-19-13-7-3-4-8-14(13)22(15)18;1-13-7-3-5-9-16(13)20-12-11-15-14-8-4-6-10-17(14)19(2)18(15)20;1-10-4-3-5-11-12(10)13-16(2)8-9-18(13)14-15-6-7-17(11)14;1-11-5-3-4-6-13(11)16-10-8-12-7-9-15(2)14(12)16/h3-13H,1-2H3;3-11H,1-2H3;3-12H,1-2H3;3-9H,1-2H3;3-10H,1-2H3/q2*+1;;+1;. The van der Waals surface area contributed by atoms with E-state index in [0.29, 0.717) is 0 Å². The predicted molar refractivity (Wildman–Crippen MR) is 413 cm³/mol. The van der Waals surface area contributed by atoms with E-state index in [-0.39, 0.29) is 0 Å². The minimum absolute atomic E-state index is 0.948. The monoisotopic (exact) mass is 1330 g/mol. The highest BCUT2D eigenvalue weighted by molar-refractivity contribution is 6.08. The topological polar surface area (TPSA) is 96.5 Å². The molecule has 13 aromatic heterocycles. The van der Waals surface area contributed by atoms with Crippen molar-refractivity contribution in [2.75, 3.05) is 0 Å². The van der Waals surface area contributed by atoms with Crippen LogP contribution in [0.1, 0.15) is 27.8 Å². The third-order valence-electron chi connectivity index (χ3n) is 20.7. The molecule has 0 saturated heterocycles. The second-order valence-corrected chi connectivity index (χ2v) is 26.9. The zero-order valence-corrected chi connectivity index (χ0v) is 58.6. The Morgan fingerprint density at radius 3 is 1.44 bits per heavy atom. The molecule has 9 aromatic carbocycles. The van der Waals surface area contributed by atoms with Gasteiger partial charge in [0.1, 0.15) is 36.1 Å². The normalized spacial score (nSPS) is 11.8. The van der Waals surface area contributed by atoms with E-state index in [1.165, 1.54) is 133 Å². The number of benzene rings is 9. The Balaban J connectivity index is 0.0000000922. The summed E-state index contributed by atoms with van der Waals surface area (Å²) < 4.78 is 28.8. The smallest absolute Gasteiger partial charge is 0.312 e. The molecule has 22 aromatic rings. The summed E-state index contributed by atoms with van der Waals surface area (Å²) in [7, 11) is 10.5. The van der Waals surface area contributed by atoms with E-state index < -0.39 is 0 Å². The molecule has 0 fully saturated rings. The molecule has 0 N–H and O–H groups in total. The van der Waals surface area contributed by atoms with E-state index in [2.05, 4.69) is 383 Å². The minimum Gasteiger partial charge on any atom is -0.337 e. The van der Waals surface area contributed by atoms with Crippen molar-refractivity contribution >= 4 is 133 Å². The molecule has 0 radical (unpaired) electrons. The highest BCUT2D eigenvalue weighted by Gasteiger charge is 2.28. The molecule has 0 aliphatic rings. The van der Waals surface area contributed by atoms with Crippen molar-refractivity contribution in [3.63, 3.8) is 0 Å². The van der Waals surface area contributed by atoms with Gasteiger partial charge in [0.15, 0.2) is 11.0 Å². The van der Waals surface area contributed by atoms with Gasteiger partial charge in [-0.3, -0.25) is 13.2 Å². The SMILES string of the molecule is Cc1cccc2c1c1n(c3ccccc3[n+]1C)c1nc3ccccc3n21.Cc1cccc2c1c1n(cc[n+]1C)c1nc3ccccc3n21.Cc1cccc2c1c1n(cc[n+]1C)c1nccn21.Cc1ccccc1-n1ccc2c3ccccc3n(C)c21.Cc1ccccc1-n1ccc2ccn(C)c21. The lowest BCUT2D eigenvalue weighted by Crippen LogP contribution is -2.27. The molecular formula is C86H75N16+3. The molecule has 22 rings (SSSR count). The summed E-state index contributed by atoms with van der Waals surface area (Å²) in [5, 5.41) is 7.72. The highest BCUT2D eigenvalue weighted by Crippen LogP contribution is 2.35. The van der Waals surface area contributed by atoms with Crippen LogP contribution in [0.3, 0.4) is 0 Å². The van der Waals surface area contributed by atoms with Crippen molar-refractivity contribution in [3.05, 3.63) is 302 Å². The molecule has 0 bridgehead atoms. The number of aromatic nitrogens is 16. The van der Waals surface area contributed by atoms with E-state index in [0.717, 1.165) is 39.4 Å². The molecule has 0 spiro atoms. The second-order valence-electron chi connectivity index (χ2n) is 26.9. The molecule has 0 aliphatic heterocycles.